The molecule has 2 atom stereocenters. The molecule has 0 bridgehead atoms. The summed E-state index contributed by atoms with van der Waals surface area (Å²) in [5.74, 6) is 0. The van der Waals surface area contributed by atoms with Gasteiger partial charge in [-0.3, -0.25) is 9.98 Å². The van der Waals surface area contributed by atoms with Gasteiger partial charge in [0.05, 0.1) is 17.8 Å². The van der Waals surface area contributed by atoms with Gasteiger partial charge in [-0.1, -0.05) is 24.3 Å². The Labute approximate surface area is 66.1 Å². The molecule has 2 unspecified atom stereocenters. The molecule has 0 spiro atoms. The highest BCUT2D eigenvalue weighted by Gasteiger charge is 2.18. The highest BCUT2D eigenvalue weighted by atomic mass is 14.9. The number of allylic oxidation sites excluding steroid dienone is 2. The van der Waals surface area contributed by atoms with Crippen LogP contribution >= 0.6 is 0 Å². The molecule has 0 aromatic carbocycles. The Morgan fingerprint density at radius 2 is 1.91 bits per heavy atom. The molecule has 2 rings (SSSR count). The van der Waals surface area contributed by atoms with Crippen molar-refractivity contribution >= 4 is 11.9 Å². The maximum Gasteiger partial charge on any atom is 0.0945 e. The Morgan fingerprint density at radius 1 is 1.18 bits per heavy atom. The topological polar surface area (TPSA) is 24.7 Å². The van der Waals surface area contributed by atoms with Crippen LogP contribution in [0.25, 0.3) is 0 Å². The predicted octanol–water partition coefficient (Wildman–Crippen LogP) is 1.39. The molecule has 0 N–H and O–H groups in total. The van der Waals surface area contributed by atoms with E-state index in [9.17, 15) is 0 Å². The molecule has 1 aliphatic heterocycles. The Hall–Kier alpha value is -1.18. The third kappa shape index (κ3) is 1.16. The lowest BCUT2D eigenvalue weighted by Gasteiger charge is -2.20. The van der Waals surface area contributed by atoms with Gasteiger partial charge >= 0.3 is 0 Å². The first-order valence-electron chi connectivity index (χ1n) is 3.79. The lowest BCUT2D eigenvalue weighted by molar-refractivity contribution is 0.699. The van der Waals surface area contributed by atoms with E-state index in [0.29, 0.717) is 0 Å². The summed E-state index contributed by atoms with van der Waals surface area (Å²) in [6.07, 6.45) is 10.1. The van der Waals surface area contributed by atoms with E-state index < -0.39 is 0 Å². The fraction of sp³-hybridized carbons (Fsp3) is 0.333. The summed E-state index contributed by atoms with van der Waals surface area (Å²) < 4.78 is 0. The number of aliphatic imine (C=N–C) groups is 2. The largest absolute Gasteiger partial charge is 0.281 e. The fourth-order valence-corrected chi connectivity index (χ4v) is 1.30. The second kappa shape index (κ2) is 2.46. The van der Waals surface area contributed by atoms with Gasteiger partial charge in [-0.25, -0.2) is 0 Å². The second-order valence-electron chi connectivity index (χ2n) is 2.80. The van der Waals surface area contributed by atoms with E-state index in [1.807, 2.05) is 25.3 Å². The van der Waals surface area contributed by atoms with Crippen molar-refractivity contribution in [3.05, 3.63) is 24.3 Å². The minimum absolute atomic E-state index is 0.253. The van der Waals surface area contributed by atoms with Crippen molar-refractivity contribution in [3.8, 4) is 0 Å². The summed E-state index contributed by atoms with van der Waals surface area (Å²) in [6, 6.07) is 0.508. The second-order valence-corrected chi connectivity index (χ2v) is 2.80. The number of hydrogen-bond acceptors (Lipinski definition) is 2. The van der Waals surface area contributed by atoms with E-state index in [2.05, 4.69) is 22.1 Å². The molecule has 0 saturated heterocycles. The zero-order chi connectivity index (χ0) is 7.68. The first-order valence-corrected chi connectivity index (χ1v) is 3.79. The third-order valence-corrected chi connectivity index (χ3v) is 1.86. The van der Waals surface area contributed by atoms with Crippen LogP contribution in [0.15, 0.2) is 34.3 Å². The minimum atomic E-state index is 0.253. The predicted molar refractivity (Wildman–Crippen MR) is 47.5 cm³/mol. The van der Waals surface area contributed by atoms with Crippen LogP contribution in [0.4, 0.5) is 0 Å². The van der Waals surface area contributed by atoms with E-state index >= 15 is 0 Å². The van der Waals surface area contributed by atoms with Crippen LogP contribution < -0.4 is 0 Å². The van der Waals surface area contributed by atoms with Gasteiger partial charge in [0.15, 0.2) is 0 Å². The molecule has 2 heteroatoms. The fourth-order valence-electron chi connectivity index (χ4n) is 1.30. The lowest BCUT2D eigenvalue weighted by atomic mass is 10.0. The van der Waals surface area contributed by atoms with Crippen LogP contribution in [-0.2, 0) is 0 Å². The molecule has 0 fully saturated rings. The zero-order valence-corrected chi connectivity index (χ0v) is 6.44. The van der Waals surface area contributed by atoms with Gasteiger partial charge in [-0.05, 0) is 6.92 Å². The Kier molecular flexibility index (Phi) is 1.46. The quantitative estimate of drug-likeness (QED) is 0.493. The molecule has 0 aromatic rings. The van der Waals surface area contributed by atoms with Crippen molar-refractivity contribution in [1.82, 2.24) is 0 Å². The molecule has 1 heterocycles. The molecule has 2 aliphatic rings. The summed E-state index contributed by atoms with van der Waals surface area (Å²) in [4.78, 5) is 8.77. The number of fused-ring (bicyclic) bond motifs is 1. The first-order chi connectivity index (χ1) is 5.36. The number of nitrogens with zero attached hydrogens (tertiary/aromatic N) is 2. The van der Waals surface area contributed by atoms with Crippen LogP contribution in [0.2, 0.25) is 0 Å². The highest BCUT2D eigenvalue weighted by Crippen LogP contribution is 2.14. The molecular formula is C9H10N2. The maximum atomic E-state index is 4.43. The van der Waals surface area contributed by atoms with E-state index in [1.54, 1.807) is 0 Å². The van der Waals surface area contributed by atoms with Gasteiger partial charge in [0, 0.05) is 6.21 Å². The van der Waals surface area contributed by atoms with Crippen molar-refractivity contribution in [2.45, 2.75) is 19.0 Å². The van der Waals surface area contributed by atoms with Crippen LogP contribution in [-0.4, -0.2) is 24.0 Å². The van der Waals surface area contributed by atoms with Crippen molar-refractivity contribution < 1.29 is 0 Å². The van der Waals surface area contributed by atoms with Gasteiger partial charge in [0.25, 0.3) is 0 Å². The molecule has 1 aliphatic carbocycles. The molecule has 11 heavy (non-hydrogen) atoms. The maximum absolute atomic E-state index is 4.43. The highest BCUT2D eigenvalue weighted by molar-refractivity contribution is 6.30. The monoisotopic (exact) mass is 146 g/mol. The summed E-state index contributed by atoms with van der Waals surface area (Å²) >= 11 is 0. The normalized spacial score (nSPS) is 33.4. The molecule has 56 valence electrons. The van der Waals surface area contributed by atoms with Gasteiger partial charge in [0.1, 0.15) is 0 Å². The summed E-state index contributed by atoms with van der Waals surface area (Å²) in [6.45, 7) is 1.98. The molecule has 2 nitrogen and oxygen atoms in total. The number of hydrogen-bond donors (Lipinski definition) is 0. The Morgan fingerprint density at radius 3 is 2.73 bits per heavy atom. The lowest BCUT2D eigenvalue weighted by Crippen LogP contribution is -2.25. The summed E-state index contributed by atoms with van der Waals surface area (Å²) in [7, 11) is 0. The van der Waals surface area contributed by atoms with E-state index in [-0.39, 0.29) is 12.1 Å². The van der Waals surface area contributed by atoms with Crippen LogP contribution in [0, 0.1) is 0 Å². The molecule has 0 radical (unpaired) electrons. The van der Waals surface area contributed by atoms with Crippen LogP contribution in [0.5, 0.6) is 0 Å². The van der Waals surface area contributed by atoms with Gasteiger partial charge in [0.2, 0.25) is 0 Å². The smallest absolute Gasteiger partial charge is 0.0945 e. The average Bonchev–Trinajstić information content (AvgIpc) is 2.04. The van der Waals surface area contributed by atoms with Crippen LogP contribution in [0.1, 0.15) is 6.92 Å². The average molecular weight is 146 g/mol. The first kappa shape index (κ1) is 6.53. The van der Waals surface area contributed by atoms with E-state index in [1.165, 1.54) is 0 Å². The Bertz CT molecular complexity index is 271. The SMILES string of the molecule is CC1=NC2C=CC=CC2N=C1. The van der Waals surface area contributed by atoms with E-state index in [4.69, 9.17) is 0 Å². The molecule has 0 aromatic heterocycles. The number of rotatable bonds is 0. The van der Waals surface area contributed by atoms with E-state index in [0.717, 1.165) is 5.71 Å². The molecule has 0 saturated carbocycles. The minimum Gasteiger partial charge on any atom is -0.281 e. The zero-order valence-electron chi connectivity index (χ0n) is 6.44. The van der Waals surface area contributed by atoms with Crippen molar-refractivity contribution in [2.24, 2.45) is 9.98 Å². The van der Waals surface area contributed by atoms with Crippen molar-refractivity contribution in [2.75, 3.05) is 0 Å². The van der Waals surface area contributed by atoms with Gasteiger partial charge in [-0.15, -0.1) is 0 Å². The molecular weight excluding hydrogens is 136 g/mol. The standard InChI is InChI=1S/C9H10N2/c1-7-6-10-8-4-2-3-5-9(8)11-7/h2-6,8-9H,1H3. The van der Waals surface area contributed by atoms with Crippen molar-refractivity contribution in [1.29, 1.82) is 0 Å². The summed E-state index contributed by atoms with van der Waals surface area (Å²) in [5.41, 5.74) is 1.02. The Balaban J connectivity index is 2.29. The molecule has 0 amide bonds. The third-order valence-electron chi connectivity index (χ3n) is 1.86. The van der Waals surface area contributed by atoms with Crippen LogP contribution in [0.3, 0.4) is 0 Å². The van der Waals surface area contributed by atoms with Gasteiger partial charge < -0.3 is 0 Å². The van der Waals surface area contributed by atoms with Crippen molar-refractivity contribution in [3.63, 3.8) is 0 Å². The van der Waals surface area contributed by atoms with Gasteiger partial charge in [-0.2, -0.15) is 0 Å². The summed E-state index contributed by atoms with van der Waals surface area (Å²) in [5, 5.41) is 0.